The topological polar surface area (TPSA) is 30.5 Å². The molecular weight excluding hydrogens is 274 g/mol. The summed E-state index contributed by atoms with van der Waals surface area (Å²) in [5.41, 5.74) is 2.42. The van der Waals surface area contributed by atoms with Gasteiger partial charge in [-0.2, -0.15) is 0 Å². The zero-order valence-corrected chi connectivity index (χ0v) is 12.6. The van der Waals surface area contributed by atoms with E-state index in [0.717, 1.165) is 24.6 Å². The number of hydrogen-bond donors (Lipinski definition) is 1. The summed E-state index contributed by atoms with van der Waals surface area (Å²) in [6.07, 6.45) is 0. The van der Waals surface area contributed by atoms with Gasteiger partial charge in [-0.25, -0.2) is 0 Å². The monoisotopic (exact) mass is 293 g/mol. The third kappa shape index (κ3) is 4.76. The Morgan fingerprint density at radius 2 is 1.25 bits per heavy atom. The van der Waals surface area contributed by atoms with Gasteiger partial charge in [-0.05, 0) is 35.4 Å². The average molecular weight is 294 g/mol. The zero-order valence-electron chi connectivity index (χ0n) is 11.8. The molecule has 0 amide bonds. The molecule has 0 radical (unpaired) electrons. The molecule has 0 atom stereocenters. The lowest BCUT2D eigenvalue weighted by Gasteiger charge is -2.08. The van der Waals surface area contributed by atoms with Gasteiger partial charge in [-0.15, -0.1) is 12.4 Å². The molecule has 0 aliphatic rings. The van der Waals surface area contributed by atoms with Crippen LogP contribution in [0.25, 0.3) is 0 Å². The van der Waals surface area contributed by atoms with Crippen LogP contribution in [0.15, 0.2) is 48.5 Å². The van der Waals surface area contributed by atoms with E-state index in [9.17, 15) is 0 Å². The molecule has 0 fully saturated rings. The molecule has 0 bridgehead atoms. The number of hydrogen-bond acceptors (Lipinski definition) is 3. The van der Waals surface area contributed by atoms with Crippen molar-refractivity contribution in [3.8, 4) is 11.5 Å². The van der Waals surface area contributed by atoms with Gasteiger partial charge in [0.15, 0.2) is 0 Å². The van der Waals surface area contributed by atoms with Gasteiger partial charge >= 0.3 is 0 Å². The predicted octanol–water partition coefficient (Wildman–Crippen LogP) is 3.42. The summed E-state index contributed by atoms with van der Waals surface area (Å²) in [4.78, 5) is 0. The van der Waals surface area contributed by atoms with Crippen LogP contribution in [0.4, 0.5) is 0 Å². The lowest BCUT2D eigenvalue weighted by atomic mass is 10.2. The maximum absolute atomic E-state index is 5.21. The molecule has 3 nitrogen and oxygen atoms in total. The first-order valence-electron chi connectivity index (χ1n) is 6.28. The maximum Gasteiger partial charge on any atom is 0.119 e. The molecule has 108 valence electrons. The molecule has 2 rings (SSSR count). The van der Waals surface area contributed by atoms with Crippen molar-refractivity contribution in [1.29, 1.82) is 0 Å². The van der Waals surface area contributed by atoms with Crippen LogP contribution in [0.3, 0.4) is 0 Å². The first-order chi connectivity index (χ1) is 9.31. The van der Waals surface area contributed by atoms with Crippen LogP contribution in [-0.4, -0.2) is 14.2 Å². The van der Waals surface area contributed by atoms with E-state index in [2.05, 4.69) is 17.4 Å². The Hall–Kier alpha value is -1.71. The molecule has 2 aromatic rings. The van der Waals surface area contributed by atoms with Gasteiger partial charge in [0.25, 0.3) is 0 Å². The van der Waals surface area contributed by atoms with E-state index < -0.39 is 0 Å². The third-order valence-corrected chi connectivity index (χ3v) is 2.93. The highest BCUT2D eigenvalue weighted by atomic mass is 35.5. The van der Waals surface area contributed by atoms with Gasteiger partial charge in [0.2, 0.25) is 0 Å². The van der Waals surface area contributed by atoms with Gasteiger partial charge in [0, 0.05) is 13.1 Å². The summed E-state index contributed by atoms with van der Waals surface area (Å²) < 4.78 is 10.4. The molecule has 2 aromatic carbocycles. The molecule has 0 aromatic heterocycles. The normalized spacial score (nSPS) is 9.70. The highest BCUT2D eigenvalue weighted by molar-refractivity contribution is 5.85. The van der Waals surface area contributed by atoms with E-state index >= 15 is 0 Å². The van der Waals surface area contributed by atoms with Gasteiger partial charge in [0.1, 0.15) is 11.5 Å². The summed E-state index contributed by atoms with van der Waals surface area (Å²) in [6, 6.07) is 16.2. The van der Waals surface area contributed by atoms with E-state index in [0.29, 0.717) is 0 Å². The van der Waals surface area contributed by atoms with Crippen LogP contribution in [0.1, 0.15) is 11.1 Å². The van der Waals surface area contributed by atoms with E-state index in [1.54, 1.807) is 14.2 Å². The molecule has 0 saturated carbocycles. The van der Waals surface area contributed by atoms with E-state index in [1.165, 1.54) is 11.1 Å². The Balaban J connectivity index is 0.00000200. The Morgan fingerprint density at radius 1 is 0.800 bits per heavy atom. The Kier molecular flexibility index (Phi) is 6.91. The standard InChI is InChI=1S/C16H19NO2.ClH/c1-18-15-7-3-5-13(9-15)11-17-12-14-6-4-8-16(10-14)19-2;/h3-10,17H,11-12H2,1-2H3;1H. The van der Waals surface area contributed by atoms with Crippen LogP contribution >= 0.6 is 12.4 Å². The second-order valence-electron chi connectivity index (χ2n) is 4.31. The minimum Gasteiger partial charge on any atom is -0.497 e. The van der Waals surface area contributed by atoms with Crippen LogP contribution in [0, 0.1) is 0 Å². The molecule has 20 heavy (non-hydrogen) atoms. The van der Waals surface area contributed by atoms with Crippen LogP contribution in [0.5, 0.6) is 11.5 Å². The lowest BCUT2D eigenvalue weighted by Crippen LogP contribution is -2.12. The van der Waals surface area contributed by atoms with Crippen molar-refractivity contribution in [2.24, 2.45) is 0 Å². The summed E-state index contributed by atoms with van der Waals surface area (Å²) >= 11 is 0. The van der Waals surface area contributed by atoms with Gasteiger partial charge in [0.05, 0.1) is 14.2 Å². The highest BCUT2D eigenvalue weighted by Crippen LogP contribution is 2.14. The van der Waals surface area contributed by atoms with Gasteiger partial charge < -0.3 is 14.8 Å². The Labute approximate surface area is 126 Å². The molecule has 4 heteroatoms. The van der Waals surface area contributed by atoms with E-state index in [-0.39, 0.29) is 12.4 Å². The summed E-state index contributed by atoms with van der Waals surface area (Å²) in [6.45, 7) is 1.63. The first-order valence-corrected chi connectivity index (χ1v) is 6.28. The fourth-order valence-electron chi connectivity index (χ4n) is 1.92. The van der Waals surface area contributed by atoms with Gasteiger partial charge in [-0.3, -0.25) is 0 Å². The first kappa shape index (κ1) is 16.3. The number of ether oxygens (including phenoxy) is 2. The quantitative estimate of drug-likeness (QED) is 0.885. The SMILES string of the molecule is COc1cccc(CNCc2cccc(OC)c2)c1.Cl. The van der Waals surface area contributed by atoms with Crippen molar-refractivity contribution < 1.29 is 9.47 Å². The molecule has 0 saturated heterocycles. The number of halogens is 1. The lowest BCUT2D eigenvalue weighted by molar-refractivity contribution is 0.413. The smallest absolute Gasteiger partial charge is 0.119 e. The average Bonchev–Trinajstić information content (AvgIpc) is 2.48. The molecule has 0 unspecified atom stereocenters. The second kappa shape index (κ2) is 8.46. The molecule has 0 aliphatic carbocycles. The minimum atomic E-state index is 0. The molecule has 0 spiro atoms. The number of nitrogens with one attached hydrogen (secondary N) is 1. The van der Waals surface area contributed by atoms with E-state index in [4.69, 9.17) is 9.47 Å². The number of benzene rings is 2. The van der Waals surface area contributed by atoms with Crippen LogP contribution in [0.2, 0.25) is 0 Å². The molecular formula is C16H20ClNO2. The van der Waals surface area contributed by atoms with Crippen molar-refractivity contribution >= 4 is 12.4 Å². The van der Waals surface area contributed by atoms with Crippen molar-refractivity contribution in [1.82, 2.24) is 5.32 Å². The highest BCUT2D eigenvalue weighted by Gasteiger charge is 1.98. The molecule has 1 N–H and O–H groups in total. The van der Waals surface area contributed by atoms with Gasteiger partial charge in [-0.1, -0.05) is 24.3 Å². The summed E-state index contributed by atoms with van der Waals surface area (Å²) in [7, 11) is 3.37. The predicted molar refractivity (Wildman–Crippen MR) is 83.8 cm³/mol. The molecule has 0 aliphatic heterocycles. The van der Waals surface area contributed by atoms with Crippen LogP contribution < -0.4 is 14.8 Å². The number of methoxy groups -OCH3 is 2. The van der Waals surface area contributed by atoms with Crippen molar-refractivity contribution in [3.63, 3.8) is 0 Å². The zero-order chi connectivity index (χ0) is 13.5. The largest absolute Gasteiger partial charge is 0.497 e. The summed E-state index contributed by atoms with van der Waals surface area (Å²) in [5, 5.41) is 3.41. The van der Waals surface area contributed by atoms with Crippen molar-refractivity contribution in [2.45, 2.75) is 13.1 Å². The third-order valence-electron chi connectivity index (χ3n) is 2.93. The van der Waals surface area contributed by atoms with Crippen molar-refractivity contribution in [2.75, 3.05) is 14.2 Å². The fraction of sp³-hybridized carbons (Fsp3) is 0.250. The maximum atomic E-state index is 5.21. The second-order valence-corrected chi connectivity index (χ2v) is 4.31. The number of rotatable bonds is 6. The minimum absolute atomic E-state index is 0. The Morgan fingerprint density at radius 3 is 1.65 bits per heavy atom. The molecule has 0 heterocycles. The summed E-state index contributed by atoms with van der Waals surface area (Å²) in [5.74, 6) is 1.78. The fourth-order valence-corrected chi connectivity index (χ4v) is 1.92. The van der Waals surface area contributed by atoms with Crippen LogP contribution in [-0.2, 0) is 13.1 Å². The van der Waals surface area contributed by atoms with E-state index in [1.807, 2.05) is 36.4 Å². The van der Waals surface area contributed by atoms with Crippen molar-refractivity contribution in [3.05, 3.63) is 59.7 Å². The Bertz CT molecular complexity index is 484.